The van der Waals surface area contributed by atoms with Gasteiger partial charge >= 0.3 is 5.97 Å². The first kappa shape index (κ1) is 68.3. The number of unbranched alkanes of at least 4 members (excludes halogenated alkanes) is 2. The van der Waals surface area contributed by atoms with E-state index in [4.69, 9.17) is 19.6 Å². The molecule has 0 fully saturated rings. The molecule has 5 heterocycles. The van der Waals surface area contributed by atoms with Crippen molar-refractivity contribution in [2.45, 2.75) is 151 Å². The molecular weight excluding hydrogens is 1170 g/mol. The Hall–Kier alpha value is -7.78. The molecule has 0 bridgehead atoms. The Morgan fingerprint density at radius 3 is 2.08 bits per heavy atom. The van der Waals surface area contributed by atoms with Gasteiger partial charge < -0.3 is 81.5 Å². The van der Waals surface area contributed by atoms with Gasteiger partial charge in [0.05, 0.1) is 35.6 Å². The number of aromatic nitrogens is 2. The minimum Gasteiger partial charge on any atom is -0.458 e. The van der Waals surface area contributed by atoms with Crippen LogP contribution in [0.5, 0.6) is 0 Å². The summed E-state index contributed by atoms with van der Waals surface area (Å²) in [6.45, 7) is 2.54. The Morgan fingerprint density at radius 1 is 0.816 bits per heavy atom. The molecule has 474 valence electrons. The molecule has 0 saturated heterocycles. The zero-order chi connectivity index (χ0) is 64.2. The lowest BCUT2D eigenvalue weighted by Crippen LogP contribution is -2.56. The Kier molecular flexibility index (Phi) is 23.7. The van der Waals surface area contributed by atoms with Crippen molar-refractivity contribution < 1.29 is 92.4 Å². The van der Waals surface area contributed by atoms with Crippen LogP contribution in [0.1, 0.15) is 94.9 Å². The van der Waals surface area contributed by atoms with E-state index in [2.05, 4.69) is 31.9 Å². The molecule has 6 rings (SSSR count). The summed E-state index contributed by atoms with van der Waals surface area (Å²) in [5.74, 6) is -7.69. The SMILES string of the molecule is CC[C@@]1(O)C(=O)OCc2c1cc1n(c2=O)Cc2c-1nc1cc(F)c(SC)cc1c2CNC(=O)COCNC(=O)[C@H](C)NC(=O)[C@H](C)NC(=O)[C@H](C)NC(=O)[C@H](CCC(=O)N(C)C[C@H](O)[C@@H](O)[C@H](O)[C@H](O)CO)NC(=O)CCCCCN1C(=O)C=CC1=O. The number of carbonyl (C=O) groups is 10. The van der Waals surface area contributed by atoms with Crippen molar-refractivity contribution in [1.82, 2.24) is 51.3 Å². The second-order valence-corrected chi connectivity index (χ2v) is 22.1. The number of cyclic esters (lactones) is 1. The zero-order valence-electron chi connectivity index (χ0n) is 48.7. The average Bonchev–Trinajstić information content (AvgIpc) is 1.67. The number of likely N-dealkylation sites (N-methyl/N-ethyl adjacent to an activating group) is 1. The fourth-order valence-electron chi connectivity index (χ4n) is 9.80. The van der Waals surface area contributed by atoms with Crippen LogP contribution < -0.4 is 37.5 Å². The molecule has 0 aliphatic carbocycles. The number of amides is 9. The summed E-state index contributed by atoms with van der Waals surface area (Å²) >= 11 is 1.15. The van der Waals surface area contributed by atoms with Gasteiger partial charge in [-0.3, -0.25) is 52.8 Å². The molecule has 3 aliphatic rings. The fourth-order valence-corrected chi connectivity index (χ4v) is 10.3. The molecule has 0 spiro atoms. The number of esters is 1. The van der Waals surface area contributed by atoms with Crippen LogP contribution in [-0.4, -0.2) is 204 Å². The van der Waals surface area contributed by atoms with E-state index in [1.165, 1.54) is 44.5 Å². The molecule has 9 atom stereocenters. The maximum atomic E-state index is 15.2. The van der Waals surface area contributed by atoms with E-state index >= 15 is 4.39 Å². The van der Waals surface area contributed by atoms with Crippen molar-refractivity contribution in [2.24, 2.45) is 0 Å². The van der Waals surface area contributed by atoms with E-state index in [-0.39, 0.29) is 80.0 Å². The smallest absolute Gasteiger partial charge is 0.343 e. The van der Waals surface area contributed by atoms with Crippen LogP contribution in [0.25, 0.3) is 22.3 Å². The van der Waals surface area contributed by atoms with Gasteiger partial charge in [-0.2, -0.15) is 0 Å². The molecule has 12 N–H and O–H groups in total. The number of thioether (sulfide) groups is 1. The topological polar surface area (TPSA) is 424 Å². The number of pyridine rings is 2. The van der Waals surface area contributed by atoms with E-state index in [1.807, 2.05) is 0 Å². The lowest BCUT2D eigenvalue weighted by molar-refractivity contribution is -0.172. The average molecular weight is 1240 g/mol. The number of rotatable bonds is 31. The number of carbonyl (C=O) groups excluding carboxylic acids is 10. The molecule has 87 heavy (non-hydrogen) atoms. The Labute approximate surface area is 501 Å². The minimum absolute atomic E-state index is 0.00924. The van der Waals surface area contributed by atoms with E-state index in [0.717, 1.165) is 33.7 Å². The molecule has 2 aromatic heterocycles. The molecule has 3 aromatic rings. The van der Waals surface area contributed by atoms with Gasteiger partial charge in [-0.1, -0.05) is 13.3 Å². The van der Waals surface area contributed by atoms with Crippen molar-refractivity contribution in [2.75, 3.05) is 46.3 Å². The highest BCUT2D eigenvalue weighted by Gasteiger charge is 2.46. The highest BCUT2D eigenvalue weighted by molar-refractivity contribution is 7.98. The predicted molar refractivity (Wildman–Crippen MR) is 304 cm³/mol. The molecule has 0 unspecified atom stereocenters. The van der Waals surface area contributed by atoms with Crippen LogP contribution in [0, 0.1) is 5.82 Å². The first-order valence-electron chi connectivity index (χ1n) is 27.9. The number of benzene rings is 1. The van der Waals surface area contributed by atoms with Gasteiger partial charge in [-0.15, -0.1) is 11.8 Å². The number of nitrogens with one attached hydrogen (secondary N) is 6. The van der Waals surface area contributed by atoms with E-state index < -0.39 is 158 Å². The number of halogens is 1. The third-order valence-electron chi connectivity index (χ3n) is 15.1. The van der Waals surface area contributed by atoms with Crippen LogP contribution in [-0.2, 0) is 82.7 Å². The maximum Gasteiger partial charge on any atom is 0.343 e. The molecule has 29 nitrogen and oxygen atoms in total. The van der Waals surface area contributed by atoms with Crippen molar-refractivity contribution in [1.29, 1.82) is 0 Å². The van der Waals surface area contributed by atoms with Crippen molar-refractivity contribution in [3.8, 4) is 11.4 Å². The lowest BCUT2D eigenvalue weighted by atomic mass is 9.86. The van der Waals surface area contributed by atoms with E-state index in [1.54, 1.807) is 19.2 Å². The lowest BCUT2D eigenvalue weighted by Gasteiger charge is -2.31. The standard InChI is InChI=1S/C56H73FN10O19S/c1-7-56(84)34-18-38-47-32(21-67(38)54(82)33(34)24-86-55(56)83)31(30-17-41(87-6)35(57)19-37(30)64-47)20-58-43(72)25-85-26-59-50(78)27(2)60-51(79)28(3)61-52(80)29(4)62-53(81)36(63-42(71)11-9-8-10-16-66-45(74)14-15-46(66)75)12-13-44(73)65(5)22-39(69)48(76)49(77)40(70)23-68/h14-15,17-19,27-29,36,39-40,48-49,68-70,76-77,84H,7-13,16,20-26H2,1-6H3,(H,58,72)(H,59,78)(H,60,79)(H,61,80)(H,62,81)(H,63,71)/t27-,28-,29-,36-,39-,40+,48+,49+,56-/m0/s1. The normalized spacial score (nSPS) is 17.8. The Morgan fingerprint density at radius 2 is 1.45 bits per heavy atom. The first-order valence-corrected chi connectivity index (χ1v) is 29.2. The largest absolute Gasteiger partial charge is 0.458 e. The third-order valence-corrected chi connectivity index (χ3v) is 15.8. The Balaban J connectivity index is 0.981. The van der Waals surface area contributed by atoms with Crippen molar-refractivity contribution in [3.63, 3.8) is 0 Å². The monoisotopic (exact) mass is 1240 g/mol. The molecule has 0 saturated carbocycles. The van der Waals surface area contributed by atoms with Crippen LogP contribution in [0.15, 0.2) is 40.0 Å². The molecule has 9 amide bonds. The second kappa shape index (κ2) is 30.2. The third kappa shape index (κ3) is 16.4. The predicted octanol–water partition coefficient (Wildman–Crippen LogP) is -3.19. The molecule has 31 heteroatoms. The van der Waals surface area contributed by atoms with Crippen molar-refractivity contribution in [3.05, 3.63) is 68.8 Å². The number of ether oxygens (including phenoxy) is 2. The number of aliphatic hydroxyl groups excluding tert-OH is 5. The van der Waals surface area contributed by atoms with Gasteiger partial charge in [-0.05, 0) is 70.4 Å². The van der Waals surface area contributed by atoms with Crippen LogP contribution in [0.4, 0.5) is 4.39 Å². The number of imide groups is 1. The molecule has 0 radical (unpaired) electrons. The fraction of sp³-hybridized carbons (Fsp3) is 0.536. The summed E-state index contributed by atoms with van der Waals surface area (Å²) in [5, 5.41) is 76.0. The summed E-state index contributed by atoms with van der Waals surface area (Å²) in [6.07, 6.45) is -3.42. The number of hydrogen-bond acceptors (Lipinski definition) is 21. The van der Waals surface area contributed by atoms with Gasteiger partial charge in [-0.25, -0.2) is 14.2 Å². The van der Waals surface area contributed by atoms with Gasteiger partial charge in [0, 0.05) is 79.2 Å². The van der Waals surface area contributed by atoms with Gasteiger partial charge in [0.25, 0.3) is 17.4 Å². The summed E-state index contributed by atoms with van der Waals surface area (Å²) in [4.78, 5) is 150. The van der Waals surface area contributed by atoms with Gasteiger partial charge in [0.15, 0.2) is 5.60 Å². The quantitative estimate of drug-likeness (QED) is 0.00776. The summed E-state index contributed by atoms with van der Waals surface area (Å²) in [7, 11) is 1.24. The van der Waals surface area contributed by atoms with Crippen LogP contribution >= 0.6 is 11.8 Å². The molecular formula is C56H73FN10O19S. The van der Waals surface area contributed by atoms with Crippen LogP contribution in [0.2, 0.25) is 0 Å². The van der Waals surface area contributed by atoms with Gasteiger partial charge in [0.1, 0.15) is 74.3 Å². The van der Waals surface area contributed by atoms with Crippen molar-refractivity contribution >= 4 is 81.8 Å². The highest BCUT2D eigenvalue weighted by Crippen LogP contribution is 2.41. The van der Waals surface area contributed by atoms with Crippen LogP contribution in [0.3, 0.4) is 0 Å². The summed E-state index contributed by atoms with van der Waals surface area (Å²) < 4.78 is 27.2. The van der Waals surface area contributed by atoms with E-state index in [9.17, 15) is 78.3 Å². The Bertz CT molecular complexity index is 3240. The molecule has 3 aliphatic heterocycles. The number of hydrogen-bond donors (Lipinski definition) is 12. The highest BCUT2D eigenvalue weighted by atomic mass is 32.2. The minimum atomic E-state index is -2.08. The number of aliphatic hydroxyl groups is 6. The number of nitrogens with zero attached hydrogens (tertiary/aromatic N) is 4. The van der Waals surface area contributed by atoms with Gasteiger partial charge in [0.2, 0.25) is 41.4 Å². The maximum absolute atomic E-state index is 15.2. The summed E-state index contributed by atoms with van der Waals surface area (Å²) in [6, 6.07) is -0.951. The summed E-state index contributed by atoms with van der Waals surface area (Å²) in [5.41, 5.74) is -0.612. The first-order chi connectivity index (χ1) is 41.1. The van der Waals surface area contributed by atoms with E-state index in [0.29, 0.717) is 34.3 Å². The second-order valence-electron chi connectivity index (χ2n) is 21.2. The zero-order valence-corrected chi connectivity index (χ0v) is 49.5. The number of fused-ring (bicyclic) bond motifs is 5. The molecule has 1 aromatic carbocycles.